The monoisotopic (exact) mass is 297 g/mol. The number of benzene rings is 1. The fourth-order valence-corrected chi connectivity index (χ4v) is 2.71. The summed E-state index contributed by atoms with van der Waals surface area (Å²) >= 11 is 3.41. The predicted molar refractivity (Wildman–Crippen MR) is 75.8 cm³/mol. The van der Waals surface area contributed by atoms with Crippen LogP contribution in [0.4, 0.5) is 0 Å². The van der Waals surface area contributed by atoms with E-state index in [1.54, 1.807) is 0 Å². The number of nitrogens with one attached hydrogen (secondary N) is 1. The van der Waals surface area contributed by atoms with Gasteiger partial charge in [0.15, 0.2) is 0 Å². The lowest BCUT2D eigenvalue weighted by molar-refractivity contribution is 0.0911. The molecule has 0 unspecified atom stereocenters. The lowest BCUT2D eigenvalue weighted by Crippen LogP contribution is -2.43. The van der Waals surface area contributed by atoms with E-state index in [1.165, 1.54) is 0 Å². The minimum atomic E-state index is -0.179. The Balaban J connectivity index is 2.83. The molecule has 0 aliphatic heterocycles. The van der Waals surface area contributed by atoms with Crippen LogP contribution in [-0.2, 0) is 6.42 Å². The number of aryl methyl sites for hydroxylation is 1. The third-order valence-electron chi connectivity index (χ3n) is 2.81. The highest BCUT2D eigenvalue weighted by molar-refractivity contribution is 9.09. The van der Waals surface area contributed by atoms with E-state index in [0.29, 0.717) is 0 Å². The summed E-state index contributed by atoms with van der Waals surface area (Å²) < 4.78 is 0. The number of alkyl halides is 1. The Morgan fingerprint density at radius 3 is 2.59 bits per heavy atom. The van der Waals surface area contributed by atoms with Crippen LogP contribution in [0.15, 0.2) is 24.3 Å². The molecule has 0 radical (unpaired) electrons. The number of amides is 1. The lowest BCUT2D eigenvalue weighted by Gasteiger charge is -2.26. The highest BCUT2D eigenvalue weighted by Crippen LogP contribution is 2.14. The quantitative estimate of drug-likeness (QED) is 0.828. The third-order valence-corrected chi connectivity index (χ3v) is 3.21. The molecule has 94 valence electrons. The van der Waals surface area contributed by atoms with E-state index in [1.807, 2.05) is 38.1 Å². The van der Waals surface area contributed by atoms with Crippen LogP contribution < -0.4 is 5.32 Å². The number of hydrogen-bond acceptors (Lipinski definition) is 1. The highest BCUT2D eigenvalue weighted by atomic mass is 79.9. The number of carbonyl (C=O) groups excluding carboxylic acids is 1. The maximum absolute atomic E-state index is 12.2. The Bertz CT molecular complexity index is 388. The minimum Gasteiger partial charge on any atom is -0.347 e. The summed E-state index contributed by atoms with van der Waals surface area (Å²) in [5, 5.41) is 3.96. The van der Waals surface area contributed by atoms with Gasteiger partial charge in [-0.3, -0.25) is 4.79 Å². The summed E-state index contributed by atoms with van der Waals surface area (Å²) in [4.78, 5) is 12.2. The number of hydrogen-bond donors (Lipinski definition) is 1. The van der Waals surface area contributed by atoms with Crippen molar-refractivity contribution in [3.8, 4) is 0 Å². The van der Waals surface area contributed by atoms with Gasteiger partial charge in [0.05, 0.1) is 0 Å². The summed E-state index contributed by atoms with van der Waals surface area (Å²) in [6.07, 6.45) is 1.79. The van der Waals surface area contributed by atoms with Crippen LogP contribution in [0.1, 0.15) is 43.1 Å². The zero-order valence-corrected chi connectivity index (χ0v) is 12.3. The lowest BCUT2D eigenvalue weighted by atomic mass is 9.99. The molecular weight excluding hydrogens is 278 g/mol. The van der Waals surface area contributed by atoms with E-state index in [-0.39, 0.29) is 11.4 Å². The number of rotatable bonds is 5. The molecular formula is C14H20BrNO. The second kappa shape index (κ2) is 6.20. The van der Waals surface area contributed by atoms with Crippen LogP contribution in [0.25, 0.3) is 0 Å². The molecule has 0 atom stereocenters. The first-order valence-corrected chi connectivity index (χ1v) is 7.08. The Kier molecular flexibility index (Phi) is 5.19. The van der Waals surface area contributed by atoms with Gasteiger partial charge < -0.3 is 5.32 Å². The molecule has 0 saturated heterocycles. The average molecular weight is 298 g/mol. The Hall–Kier alpha value is -0.830. The molecule has 1 aromatic carbocycles. The van der Waals surface area contributed by atoms with Crippen molar-refractivity contribution in [1.29, 1.82) is 0 Å². The van der Waals surface area contributed by atoms with Gasteiger partial charge in [-0.1, -0.05) is 41.1 Å². The van der Waals surface area contributed by atoms with Crippen LogP contribution in [0.3, 0.4) is 0 Å². The van der Waals surface area contributed by atoms with Gasteiger partial charge in [0.25, 0.3) is 5.91 Å². The van der Waals surface area contributed by atoms with Crippen LogP contribution in [0.2, 0.25) is 0 Å². The van der Waals surface area contributed by atoms with E-state index in [2.05, 4.69) is 28.2 Å². The van der Waals surface area contributed by atoms with Crippen LogP contribution >= 0.6 is 15.9 Å². The SMILES string of the molecule is CCc1ccccc1C(=O)NC(C)(C)CCBr. The molecule has 0 aliphatic carbocycles. The predicted octanol–water partition coefficient (Wildman–Crippen LogP) is 3.54. The smallest absolute Gasteiger partial charge is 0.251 e. The van der Waals surface area contributed by atoms with Gasteiger partial charge in [-0.15, -0.1) is 0 Å². The van der Waals surface area contributed by atoms with Gasteiger partial charge in [0, 0.05) is 16.4 Å². The maximum Gasteiger partial charge on any atom is 0.251 e. The normalized spacial score (nSPS) is 11.3. The Labute approximate surface area is 112 Å². The van der Waals surface area contributed by atoms with Gasteiger partial charge in [-0.25, -0.2) is 0 Å². The molecule has 0 fully saturated rings. The molecule has 0 aromatic heterocycles. The van der Waals surface area contributed by atoms with Crippen molar-refractivity contribution in [3.63, 3.8) is 0 Å². The summed E-state index contributed by atoms with van der Waals surface area (Å²) in [6, 6.07) is 7.77. The first-order chi connectivity index (χ1) is 8.00. The summed E-state index contributed by atoms with van der Waals surface area (Å²) in [6.45, 7) is 6.15. The first kappa shape index (κ1) is 14.2. The van der Waals surface area contributed by atoms with E-state index >= 15 is 0 Å². The Morgan fingerprint density at radius 1 is 1.35 bits per heavy atom. The molecule has 2 nitrogen and oxygen atoms in total. The third kappa shape index (κ3) is 4.15. The van der Waals surface area contributed by atoms with E-state index < -0.39 is 0 Å². The van der Waals surface area contributed by atoms with Gasteiger partial charge in [-0.2, -0.15) is 0 Å². The summed E-state index contributed by atoms with van der Waals surface area (Å²) in [7, 11) is 0. The largest absolute Gasteiger partial charge is 0.347 e. The van der Waals surface area contributed by atoms with Crippen molar-refractivity contribution in [2.24, 2.45) is 0 Å². The van der Waals surface area contributed by atoms with Gasteiger partial charge in [-0.05, 0) is 38.3 Å². The zero-order chi connectivity index (χ0) is 12.9. The van der Waals surface area contributed by atoms with Crippen LogP contribution in [-0.4, -0.2) is 16.8 Å². The van der Waals surface area contributed by atoms with Crippen molar-refractivity contribution in [2.75, 3.05) is 5.33 Å². The average Bonchev–Trinajstić information content (AvgIpc) is 2.28. The van der Waals surface area contributed by atoms with Gasteiger partial charge >= 0.3 is 0 Å². The van der Waals surface area contributed by atoms with Crippen molar-refractivity contribution in [2.45, 2.75) is 39.2 Å². The number of halogens is 1. The fraction of sp³-hybridized carbons (Fsp3) is 0.500. The Morgan fingerprint density at radius 2 is 2.00 bits per heavy atom. The van der Waals surface area contributed by atoms with Crippen molar-refractivity contribution in [3.05, 3.63) is 35.4 Å². The summed E-state index contributed by atoms with van der Waals surface area (Å²) in [5.74, 6) is 0.0217. The first-order valence-electron chi connectivity index (χ1n) is 5.96. The van der Waals surface area contributed by atoms with E-state index in [4.69, 9.17) is 0 Å². The molecule has 1 N–H and O–H groups in total. The van der Waals surface area contributed by atoms with E-state index in [0.717, 1.165) is 29.3 Å². The summed E-state index contributed by atoms with van der Waals surface area (Å²) in [5.41, 5.74) is 1.71. The van der Waals surface area contributed by atoms with Crippen LogP contribution in [0, 0.1) is 0 Å². The highest BCUT2D eigenvalue weighted by Gasteiger charge is 2.21. The van der Waals surface area contributed by atoms with Crippen molar-refractivity contribution >= 4 is 21.8 Å². The van der Waals surface area contributed by atoms with Gasteiger partial charge in [0.1, 0.15) is 0 Å². The molecule has 0 bridgehead atoms. The molecule has 0 spiro atoms. The topological polar surface area (TPSA) is 29.1 Å². The number of carbonyl (C=O) groups is 1. The van der Waals surface area contributed by atoms with Crippen LogP contribution in [0.5, 0.6) is 0 Å². The molecule has 1 rings (SSSR count). The molecule has 0 saturated carbocycles. The fourth-order valence-electron chi connectivity index (χ4n) is 1.72. The maximum atomic E-state index is 12.2. The molecule has 1 amide bonds. The van der Waals surface area contributed by atoms with Crippen molar-refractivity contribution in [1.82, 2.24) is 5.32 Å². The second-order valence-corrected chi connectivity index (χ2v) is 5.58. The zero-order valence-electron chi connectivity index (χ0n) is 10.7. The second-order valence-electron chi connectivity index (χ2n) is 4.79. The molecule has 17 heavy (non-hydrogen) atoms. The van der Waals surface area contributed by atoms with E-state index in [9.17, 15) is 4.79 Å². The van der Waals surface area contributed by atoms with Crippen molar-refractivity contribution < 1.29 is 4.79 Å². The standard InChI is InChI=1S/C14H20BrNO/c1-4-11-7-5-6-8-12(11)13(17)16-14(2,3)9-10-15/h5-8H,4,9-10H2,1-3H3,(H,16,17). The van der Waals surface area contributed by atoms with Gasteiger partial charge in [0.2, 0.25) is 0 Å². The minimum absolute atomic E-state index is 0.0217. The molecule has 0 heterocycles. The molecule has 3 heteroatoms. The molecule has 0 aliphatic rings. The molecule has 1 aromatic rings.